The summed E-state index contributed by atoms with van der Waals surface area (Å²) in [5, 5.41) is 0.234. The molecule has 1 saturated heterocycles. The molecule has 2 aliphatic rings. The van der Waals surface area contributed by atoms with Gasteiger partial charge in [-0.1, -0.05) is 37.6 Å². The third-order valence-electron chi connectivity index (χ3n) is 8.85. The van der Waals surface area contributed by atoms with Crippen LogP contribution in [0.25, 0.3) is 16.7 Å². The van der Waals surface area contributed by atoms with Gasteiger partial charge < -0.3 is 9.47 Å². The number of carbonyl (C=O) groups is 2. The number of halogens is 8. The smallest absolute Gasteiger partial charge is 0.416 e. The Labute approximate surface area is 277 Å². The highest BCUT2D eigenvalue weighted by atomic mass is 35.5. The molecule has 0 spiro atoms. The van der Waals surface area contributed by atoms with Crippen molar-refractivity contribution < 1.29 is 49.8 Å². The number of cyclic esters (lactones) is 1. The lowest BCUT2D eigenvalue weighted by atomic mass is 9.72. The van der Waals surface area contributed by atoms with Crippen LogP contribution in [-0.4, -0.2) is 36.7 Å². The number of carbonyl (C=O) groups excluding carboxylic acids is 2. The van der Waals surface area contributed by atoms with Gasteiger partial charge in [0.05, 0.1) is 29.8 Å². The molecule has 3 aromatic carbocycles. The quantitative estimate of drug-likeness (QED) is 0.190. The highest BCUT2D eigenvalue weighted by molar-refractivity contribution is 6.33. The number of alkyl halides is 6. The summed E-state index contributed by atoms with van der Waals surface area (Å²) >= 11 is 6.49. The summed E-state index contributed by atoms with van der Waals surface area (Å²) in [4.78, 5) is 26.4. The average molecular weight is 698 g/mol. The van der Waals surface area contributed by atoms with Crippen molar-refractivity contribution in [1.82, 2.24) is 4.90 Å². The maximum atomic E-state index is 15.6. The van der Waals surface area contributed by atoms with Crippen molar-refractivity contribution >= 4 is 29.2 Å². The van der Waals surface area contributed by atoms with Gasteiger partial charge in [-0.3, -0.25) is 4.90 Å². The predicted octanol–water partition coefficient (Wildman–Crippen LogP) is 10.5. The van der Waals surface area contributed by atoms with Crippen molar-refractivity contribution in [2.24, 2.45) is 5.41 Å². The fourth-order valence-corrected chi connectivity index (χ4v) is 6.61. The fourth-order valence-electron chi connectivity index (χ4n) is 6.32. The molecule has 1 aliphatic heterocycles. The number of amides is 1. The molecule has 2 atom stereocenters. The molecule has 3 aromatic rings. The Morgan fingerprint density at radius 3 is 2.21 bits per heavy atom. The van der Waals surface area contributed by atoms with Crippen LogP contribution in [0.5, 0.6) is 0 Å². The van der Waals surface area contributed by atoms with Crippen molar-refractivity contribution in [3.63, 3.8) is 0 Å². The van der Waals surface area contributed by atoms with Crippen molar-refractivity contribution in [3.05, 3.63) is 98.8 Å². The zero-order chi connectivity index (χ0) is 35.3. The van der Waals surface area contributed by atoms with Crippen LogP contribution in [0.15, 0.2) is 60.2 Å². The largest absolute Gasteiger partial charge is 0.465 e. The number of hydrogen-bond acceptors (Lipinski definition) is 4. The minimum atomic E-state index is -5.07. The summed E-state index contributed by atoms with van der Waals surface area (Å²) in [6, 6.07) is 9.23. The van der Waals surface area contributed by atoms with Crippen LogP contribution in [0.4, 0.5) is 35.5 Å². The Morgan fingerprint density at radius 1 is 0.979 bits per heavy atom. The number of benzene rings is 3. The van der Waals surface area contributed by atoms with Gasteiger partial charge in [0.25, 0.3) is 0 Å². The number of allylic oxidation sites excluding steroid dienone is 1. The van der Waals surface area contributed by atoms with Crippen molar-refractivity contribution in [2.75, 3.05) is 13.7 Å². The van der Waals surface area contributed by atoms with E-state index >= 15 is 4.39 Å². The fraction of sp³-hybridized carbons (Fsp3) is 0.371. The minimum absolute atomic E-state index is 0.0211. The van der Waals surface area contributed by atoms with E-state index in [2.05, 4.69) is 0 Å². The monoisotopic (exact) mass is 697 g/mol. The van der Waals surface area contributed by atoms with Gasteiger partial charge >= 0.3 is 24.4 Å². The molecule has 0 aromatic heterocycles. The summed E-state index contributed by atoms with van der Waals surface area (Å²) in [6.45, 7) is 5.42. The Morgan fingerprint density at radius 2 is 1.62 bits per heavy atom. The highest BCUT2D eigenvalue weighted by Crippen LogP contribution is 2.46. The van der Waals surface area contributed by atoms with E-state index in [1.54, 1.807) is 18.2 Å². The molecule has 0 N–H and O–H groups in total. The van der Waals surface area contributed by atoms with Crippen LogP contribution >= 0.6 is 11.6 Å². The molecular formula is C35H31ClF7NO4. The highest BCUT2D eigenvalue weighted by Gasteiger charge is 2.44. The van der Waals surface area contributed by atoms with Gasteiger partial charge in [-0.2, -0.15) is 26.3 Å². The summed E-state index contributed by atoms with van der Waals surface area (Å²) < 4.78 is 107. The lowest BCUT2D eigenvalue weighted by Crippen LogP contribution is -2.35. The van der Waals surface area contributed by atoms with Crippen molar-refractivity contribution in [3.8, 4) is 11.1 Å². The van der Waals surface area contributed by atoms with E-state index in [0.717, 1.165) is 0 Å². The second-order valence-corrected chi connectivity index (χ2v) is 13.2. The van der Waals surface area contributed by atoms with Crippen molar-refractivity contribution in [1.29, 1.82) is 0 Å². The van der Waals surface area contributed by atoms with E-state index in [1.807, 2.05) is 13.8 Å². The number of esters is 1. The van der Waals surface area contributed by atoms with Gasteiger partial charge in [-0.15, -0.1) is 0 Å². The van der Waals surface area contributed by atoms with Crippen LogP contribution in [0.1, 0.15) is 78.7 Å². The molecule has 0 bridgehead atoms. The molecule has 0 saturated carbocycles. The maximum Gasteiger partial charge on any atom is 0.416 e. The predicted molar refractivity (Wildman–Crippen MR) is 165 cm³/mol. The third-order valence-corrected chi connectivity index (χ3v) is 9.17. The summed E-state index contributed by atoms with van der Waals surface area (Å²) in [5.74, 6) is -1.11. The Kier molecular flexibility index (Phi) is 9.37. The third kappa shape index (κ3) is 7.18. The molecular weight excluding hydrogens is 667 g/mol. The summed E-state index contributed by atoms with van der Waals surface area (Å²) in [6.07, 6.45) is -10.9. The topological polar surface area (TPSA) is 55.8 Å². The number of ether oxygens (including phenoxy) is 2. The SMILES string of the molecule is COC(=O)c1ccc(-c2ccc(F)c(C3=C(CN4C(=O)O[C@H](c5cc(C(F)(F)F)cc(C(F)(F)F)c5)[C@@H]4C)CC(C)(C)CC3)c2)c(Cl)c1. The van der Waals surface area contributed by atoms with Gasteiger partial charge in [0.2, 0.25) is 0 Å². The van der Waals surface area contributed by atoms with Crippen molar-refractivity contribution in [2.45, 2.75) is 64.5 Å². The van der Waals surface area contributed by atoms with Gasteiger partial charge in [0.1, 0.15) is 11.9 Å². The number of hydrogen-bond donors (Lipinski definition) is 0. The first-order chi connectivity index (χ1) is 22.3. The zero-order valence-corrected chi connectivity index (χ0v) is 27.0. The first kappa shape index (κ1) is 35.3. The summed E-state index contributed by atoms with van der Waals surface area (Å²) in [5.41, 5.74) is -0.828. The van der Waals surface area contributed by atoms with Gasteiger partial charge in [0, 0.05) is 22.7 Å². The van der Waals surface area contributed by atoms with E-state index in [1.165, 1.54) is 37.1 Å². The minimum Gasteiger partial charge on any atom is -0.465 e. The normalized spacial score (nSPS) is 19.8. The molecule has 256 valence electrons. The molecule has 0 unspecified atom stereocenters. The Hall–Kier alpha value is -4.06. The molecule has 48 heavy (non-hydrogen) atoms. The van der Waals surface area contributed by atoms with Crippen LogP contribution in [0.3, 0.4) is 0 Å². The molecule has 1 heterocycles. The van der Waals surface area contributed by atoms with E-state index in [0.29, 0.717) is 53.7 Å². The van der Waals surface area contributed by atoms with Gasteiger partial charge in [-0.25, -0.2) is 14.0 Å². The van der Waals surface area contributed by atoms with E-state index in [4.69, 9.17) is 21.1 Å². The maximum absolute atomic E-state index is 15.6. The van der Waals surface area contributed by atoms with Crippen LogP contribution < -0.4 is 0 Å². The van der Waals surface area contributed by atoms with Crippen LogP contribution in [0.2, 0.25) is 5.02 Å². The lowest BCUT2D eigenvalue weighted by Gasteiger charge is -2.35. The molecule has 0 radical (unpaired) electrons. The number of rotatable bonds is 6. The molecule has 5 nitrogen and oxygen atoms in total. The summed E-state index contributed by atoms with van der Waals surface area (Å²) in [7, 11) is 1.24. The Balaban J connectivity index is 1.52. The second-order valence-electron chi connectivity index (χ2n) is 12.8. The van der Waals surface area contributed by atoms with E-state index in [-0.39, 0.29) is 34.2 Å². The molecule has 5 rings (SSSR count). The standard InChI is InChI=1S/C35H31ClF7NO4/c1-18-30(21-11-23(34(38,39)40)15-24(12-21)35(41,42)43)48-32(46)44(18)17-22-16-33(2,3)10-9-25(22)27-13-19(6-8-29(27)37)26-7-5-20(14-28(26)36)31(45)47-4/h5-8,11-15,18,30H,9-10,16-17H2,1-4H3/t18-,30-/m0/s1. The zero-order valence-electron chi connectivity index (χ0n) is 26.3. The molecule has 1 aliphatic carbocycles. The van der Waals surface area contributed by atoms with Crippen LogP contribution in [0, 0.1) is 11.2 Å². The molecule has 1 amide bonds. The first-order valence-corrected chi connectivity index (χ1v) is 15.3. The lowest BCUT2D eigenvalue weighted by molar-refractivity contribution is -0.143. The van der Waals surface area contributed by atoms with Gasteiger partial charge in [-0.05, 0) is 96.3 Å². The second kappa shape index (κ2) is 12.8. The van der Waals surface area contributed by atoms with Gasteiger partial charge in [0.15, 0.2) is 0 Å². The number of methoxy groups -OCH3 is 1. The number of nitrogens with zero attached hydrogens (tertiary/aromatic N) is 1. The molecule has 1 fully saturated rings. The average Bonchev–Trinajstić information content (AvgIpc) is 3.28. The molecule has 13 heteroatoms. The van der Waals surface area contributed by atoms with Crippen LogP contribution in [-0.2, 0) is 21.8 Å². The van der Waals surface area contributed by atoms with E-state index < -0.39 is 59.1 Å². The van der Waals surface area contributed by atoms with E-state index in [9.17, 15) is 35.9 Å². The first-order valence-electron chi connectivity index (χ1n) is 14.9. The Bertz CT molecular complexity index is 1770.